The van der Waals surface area contributed by atoms with Gasteiger partial charge in [-0.1, -0.05) is 16.7 Å². The van der Waals surface area contributed by atoms with Crippen LogP contribution >= 0.6 is 34.5 Å². The zero-order valence-corrected chi connectivity index (χ0v) is 11.6. The Hall–Kier alpha value is -0.780. The number of rotatable bonds is 4. The van der Waals surface area contributed by atoms with Gasteiger partial charge in [-0.25, -0.2) is 0 Å². The third kappa shape index (κ3) is 3.12. The lowest BCUT2D eigenvalue weighted by Gasteiger charge is -2.08. The summed E-state index contributed by atoms with van der Waals surface area (Å²) in [4.78, 5) is 1.11. The highest BCUT2D eigenvalue weighted by Gasteiger charge is 2.14. The van der Waals surface area contributed by atoms with E-state index < -0.39 is 0 Å². The van der Waals surface area contributed by atoms with Gasteiger partial charge in [0.25, 0.3) is 0 Å². The fourth-order valence-electron chi connectivity index (χ4n) is 1.27. The number of thiophene rings is 1. The van der Waals surface area contributed by atoms with Crippen molar-refractivity contribution in [2.24, 2.45) is 0 Å². The molecule has 2 unspecified atom stereocenters. The second kappa shape index (κ2) is 5.25. The van der Waals surface area contributed by atoms with Gasteiger partial charge < -0.3 is 9.73 Å². The lowest BCUT2D eigenvalue weighted by Crippen LogP contribution is -2.04. The van der Waals surface area contributed by atoms with E-state index >= 15 is 0 Å². The summed E-state index contributed by atoms with van der Waals surface area (Å²) < 4.78 is 6.11. The van der Waals surface area contributed by atoms with Gasteiger partial charge in [-0.05, 0) is 26.0 Å². The maximum atomic E-state index is 5.88. The average Bonchev–Trinajstić information content (AvgIpc) is 2.86. The maximum Gasteiger partial charge on any atom is 0.316 e. The molecule has 0 aliphatic rings. The van der Waals surface area contributed by atoms with E-state index in [2.05, 4.69) is 15.5 Å². The molecule has 2 aromatic rings. The molecule has 0 aliphatic heterocycles. The Labute approximate surface area is 113 Å². The van der Waals surface area contributed by atoms with E-state index in [4.69, 9.17) is 27.6 Å². The molecule has 0 aliphatic carbocycles. The van der Waals surface area contributed by atoms with Crippen LogP contribution in [0.4, 0.5) is 6.01 Å². The normalized spacial score (nSPS) is 14.6. The van der Waals surface area contributed by atoms with Crippen LogP contribution in [0.1, 0.15) is 36.0 Å². The van der Waals surface area contributed by atoms with E-state index in [1.54, 1.807) is 6.92 Å². The zero-order chi connectivity index (χ0) is 12.4. The first-order valence-corrected chi connectivity index (χ1v) is 6.68. The summed E-state index contributed by atoms with van der Waals surface area (Å²) in [6.07, 6.45) is 0. The quantitative estimate of drug-likeness (QED) is 0.855. The molecule has 0 saturated heterocycles. The summed E-state index contributed by atoms with van der Waals surface area (Å²) >= 11 is 13.2. The van der Waals surface area contributed by atoms with E-state index in [0.29, 0.717) is 11.9 Å². The molecule has 0 radical (unpaired) electrons. The fraction of sp³-hybridized carbons (Fsp3) is 0.400. The summed E-state index contributed by atoms with van der Waals surface area (Å²) in [6, 6.07) is 4.25. The van der Waals surface area contributed by atoms with E-state index in [-0.39, 0.29) is 11.4 Å². The van der Waals surface area contributed by atoms with Crippen LogP contribution in [0.5, 0.6) is 0 Å². The lowest BCUT2D eigenvalue weighted by molar-refractivity contribution is 0.502. The van der Waals surface area contributed by atoms with Crippen molar-refractivity contribution in [3.63, 3.8) is 0 Å². The van der Waals surface area contributed by atoms with Gasteiger partial charge in [0.1, 0.15) is 5.38 Å². The number of nitrogens with zero attached hydrogens (tertiary/aromatic N) is 2. The summed E-state index contributed by atoms with van der Waals surface area (Å²) in [5, 5.41) is 10.5. The molecule has 2 atom stereocenters. The SMILES string of the molecule is CC(Cl)c1nnc(NC(C)c2ccc(Cl)s2)o1. The van der Waals surface area contributed by atoms with Crippen molar-refractivity contribution < 1.29 is 4.42 Å². The van der Waals surface area contributed by atoms with Crippen LogP contribution in [0.25, 0.3) is 0 Å². The Bertz CT molecular complexity index is 497. The number of nitrogens with one attached hydrogen (secondary N) is 1. The number of alkyl halides is 1. The Morgan fingerprint density at radius 3 is 2.65 bits per heavy atom. The second-order valence-electron chi connectivity index (χ2n) is 3.57. The molecule has 2 heterocycles. The summed E-state index contributed by atoms with van der Waals surface area (Å²) in [7, 11) is 0. The Morgan fingerprint density at radius 2 is 2.12 bits per heavy atom. The van der Waals surface area contributed by atoms with Gasteiger partial charge in [-0.3, -0.25) is 0 Å². The second-order valence-corrected chi connectivity index (χ2v) is 5.97. The standard InChI is InChI=1S/C10H11Cl2N3OS/c1-5(11)9-14-15-10(16-9)13-6(2)7-3-4-8(12)17-7/h3-6H,1-2H3,(H,13,15). The van der Waals surface area contributed by atoms with E-state index in [1.807, 2.05) is 19.1 Å². The van der Waals surface area contributed by atoms with E-state index in [0.717, 1.165) is 9.21 Å². The predicted octanol–water partition coefficient (Wildman–Crippen LogP) is 4.26. The third-order valence-electron chi connectivity index (χ3n) is 2.14. The maximum absolute atomic E-state index is 5.88. The highest BCUT2D eigenvalue weighted by Crippen LogP contribution is 2.29. The van der Waals surface area contributed by atoms with Gasteiger partial charge in [0.15, 0.2) is 0 Å². The van der Waals surface area contributed by atoms with Crippen LogP contribution in [-0.4, -0.2) is 10.2 Å². The van der Waals surface area contributed by atoms with Crippen LogP contribution in [0.2, 0.25) is 4.34 Å². The molecule has 0 spiro atoms. The molecule has 4 nitrogen and oxygen atoms in total. The molecule has 1 N–H and O–H groups in total. The molecule has 0 fully saturated rings. The molecule has 0 amide bonds. The molecule has 17 heavy (non-hydrogen) atoms. The van der Waals surface area contributed by atoms with Crippen molar-refractivity contribution in [2.75, 3.05) is 5.32 Å². The van der Waals surface area contributed by atoms with E-state index in [1.165, 1.54) is 11.3 Å². The first-order valence-electron chi connectivity index (χ1n) is 5.05. The largest absolute Gasteiger partial charge is 0.406 e. The van der Waals surface area contributed by atoms with Crippen LogP contribution in [-0.2, 0) is 0 Å². The lowest BCUT2D eigenvalue weighted by atomic mass is 10.3. The smallest absolute Gasteiger partial charge is 0.316 e. The highest BCUT2D eigenvalue weighted by molar-refractivity contribution is 7.16. The molecule has 0 aromatic carbocycles. The van der Waals surface area contributed by atoms with Crippen molar-refractivity contribution in [2.45, 2.75) is 25.3 Å². The first kappa shape index (κ1) is 12.7. The first-order chi connectivity index (χ1) is 8.06. The molecule has 2 rings (SSSR count). The Balaban J connectivity index is 2.05. The Morgan fingerprint density at radius 1 is 1.35 bits per heavy atom. The zero-order valence-electron chi connectivity index (χ0n) is 9.28. The minimum absolute atomic E-state index is 0.0615. The molecule has 92 valence electrons. The molecule has 0 saturated carbocycles. The monoisotopic (exact) mass is 291 g/mol. The fourth-order valence-corrected chi connectivity index (χ4v) is 2.42. The van der Waals surface area contributed by atoms with Gasteiger partial charge in [-0.15, -0.1) is 28.0 Å². The molecule has 0 bridgehead atoms. The Kier molecular flexibility index (Phi) is 3.91. The number of halogens is 2. The summed E-state index contributed by atoms with van der Waals surface area (Å²) in [5.74, 6) is 0.408. The number of hydrogen-bond donors (Lipinski definition) is 1. The van der Waals surface area contributed by atoms with Gasteiger partial charge >= 0.3 is 6.01 Å². The van der Waals surface area contributed by atoms with Crippen molar-refractivity contribution in [3.8, 4) is 0 Å². The molecule has 7 heteroatoms. The van der Waals surface area contributed by atoms with Gasteiger partial charge in [0, 0.05) is 4.88 Å². The summed E-state index contributed by atoms with van der Waals surface area (Å²) in [6.45, 7) is 3.78. The number of anilines is 1. The highest BCUT2D eigenvalue weighted by atomic mass is 35.5. The van der Waals surface area contributed by atoms with Crippen LogP contribution < -0.4 is 5.32 Å². The molecular formula is C10H11Cl2N3OS. The third-order valence-corrected chi connectivity index (χ3v) is 3.74. The number of hydrogen-bond acceptors (Lipinski definition) is 5. The van der Waals surface area contributed by atoms with Crippen LogP contribution in [0, 0.1) is 0 Å². The van der Waals surface area contributed by atoms with Crippen molar-refractivity contribution >= 4 is 40.6 Å². The van der Waals surface area contributed by atoms with Gasteiger partial charge in [-0.2, -0.15) is 0 Å². The van der Waals surface area contributed by atoms with Crippen molar-refractivity contribution in [1.29, 1.82) is 0 Å². The van der Waals surface area contributed by atoms with Crippen LogP contribution in [0.15, 0.2) is 16.5 Å². The van der Waals surface area contributed by atoms with Crippen molar-refractivity contribution in [1.82, 2.24) is 10.2 Å². The van der Waals surface area contributed by atoms with Crippen LogP contribution in [0.3, 0.4) is 0 Å². The summed E-state index contributed by atoms with van der Waals surface area (Å²) in [5.41, 5.74) is 0. The van der Waals surface area contributed by atoms with Gasteiger partial charge in [0.05, 0.1) is 10.4 Å². The topological polar surface area (TPSA) is 51.0 Å². The minimum Gasteiger partial charge on any atom is -0.406 e. The van der Waals surface area contributed by atoms with Gasteiger partial charge in [0.2, 0.25) is 5.89 Å². The molecular weight excluding hydrogens is 281 g/mol. The number of aromatic nitrogens is 2. The van der Waals surface area contributed by atoms with E-state index in [9.17, 15) is 0 Å². The molecule has 2 aromatic heterocycles. The van der Waals surface area contributed by atoms with Crippen molar-refractivity contribution in [3.05, 3.63) is 27.2 Å². The predicted molar refractivity (Wildman–Crippen MR) is 69.9 cm³/mol. The minimum atomic E-state index is -0.287. The average molecular weight is 292 g/mol.